The number of rotatable bonds is 4. The lowest BCUT2D eigenvalue weighted by Gasteiger charge is -2.35. The molecule has 0 spiro atoms. The summed E-state index contributed by atoms with van der Waals surface area (Å²) in [4.78, 5) is 31.5. The van der Waals surface area contributed by atoms with E-state index in [4.69, 9.17) is 0 Å². The number of carbonyl (C=O) groups is 1. The second kappa shape index (κ2) is 7.07. The standard InChI is InChI=1S/C20H21N5O/c1-2-4-16-11-14(6-9-22-16)20(26)25-10-7-17-18(24-13-23-17)19(25)15-5-3-8-21-12-15/h3,5-6,8-9,11-13,19H,2,4,7,10H2,1H3,(H,23,24). The zero-order valence-electron chi connectivity index (χ0n) is 14.7. The highest BCUT2D eigenvalue weighted by Crippen LogP contribution is 2.33. The van der Waals surface area contributed by atoms with Crippen LogP contribution < -0.4 is 0 Å². The van der Waals surface area contributed by atoms with Crippen LogP contribution in [0.2, 0.25) is 0 Å². The predicted molar refractivity (Wildman–Crippen MR) is 97.6 cm³/mol. The van der Waals surface area contributed by atoms with Crippen LogP contribution in [0.1, 0.15) is 52.4 Å². The van der Waals surface area contributed by atoms with Gasteiger partial charge in [-0.2, -0.15) is 0 Å². The van der Waals surface area contributed by atoms with E-state index in [1.807, 2.05) is 29.3 Å². The molecule has 26 heavy (non-hydrogen) atoms. The van der Waals surface area contributed by atoms with Crippen molar-refractivity contribution in [1.29, 1.82) is 0 Å². The fourth-order valence-corrected chi connectivity index (χ4v) is 3.54. The Labute approximate surface area is 152 Å². The van der Waals surface area contributed by atoms with Gasteiger partial charge in [-0.25, -0.2) is 4.98 Å². The number of pyridine rings is 2. The average Bonchev–Trinajstić information content (AvgIpc) is 3.16. The largest absolute Gasteiger partial charge is 0.348 e. The quantitative estimate of drug-likeness (QED) is 0.787. The van der Waals surface area contributed by atoms with Crippen LogP contribution in [0.4, 0.5) is 0 Å². The Morgan fingerprint density at radius 2 is 2.23 bits per heavy atom. The molecule has 6 nitrogen and oxygen atoms in total. The first-order chi connectivity index (χ1) is 12.8. The molecule has 4 rings (SSSR count). The summed E-state index contributed by atoms with van der Waals surface area (Å²) in [6, 6.07) is 7.37. The van der Waals surface area contributed by atoms with Crippen LogP contribution in [-0.2, 0) is 12.8 Å². The minimum atomic E-state index is -0.228. The van der Waals surface area contributed by atoms with E-state index in [9.17, 15) is 4.79 Å². The summed E-state index contributed by atoms with van der Waals surface area (Å²) in [6.45, 7) is 2.75. The highest BCUT2D eigenvalue weighted by atomic mass is 16.2. The molecule has 0 saturated heterocycles. The molecule has 0 saturated carbocycles. The molecule has 0 bridgehead atoms. The number of carbonyl (C=O) groups excluding carboxylic acids is 1. The Bertz CT molecular complexity index is 905. The van der Waals surface area contributed by atoms with Gasteiger partial charge in [-0.05, 0) is 30.2 Å². The second-order valence-electron chi connectivity index (χ2n) is 6.49. The van der Waals surface area contributed by atoms with E-state index < -0.39 is 0 Å². The maximum Gasteiger partial charge on any atom is 0.254 e. The molecule has 1 aliphatic heterocycles. The van der Waals surface area contributed by atoms with E-state index in [2.05, 4.69) is 26.9 Å². The molecule has 0 aromatic carbocycles. The number of H-pyrrole nitrogens is 1. The number of nitrogens with zero attached hydrogens (tertiary/aromatic N) is 4. The molecule has 1 amide bonds. The average molecular weight is 347 g/mol. The fraction of sp³-hybridized carbons (Fsp3) is 0.300. The molecule has 4 heterocycles. The normalized spacial score (nSPS) is 16.3. The number of hydrogen-bond donors (Lipinski definition) is 1. The molecule has 1 N–H and O–H groups in total. The van der Waals surface area contributed by atoms with E-state index in [0.717, 1.165) is 41.9 Å². The lowest BCUT2D eigenvalue weighted by Crippen LogP contribution is -2.40. The summed E-state index contributed by atoms with van der Waals surface area (Å²) in [6.07, 6.45) is 9.62. The van der Waals surface area contributed by atoms with E-state index in [0.29, 0.717) is 12.1 Å². The van der Waals surface area contributed by atoms with Gasteiger partial charge in [0.2, 0.25) is 0 Å². The zero-order chi connectivity index (χ0) is 17.9. The summed E-state index contributed by atoms with van der Waals surface area (Å²) >= 11 is 0. The van der Waals surface area contributed by atoms with E-state index in [-0.39, 0.29) is 11.9 Å². The number of aromatic amines is 1. The smallest absolute Gasteiger partial charge is 0.254 e. The molecule has 0 aliphatic carbocycles. The molecule has 6 heteroatoms. The predicted octanol–water partition coefficient (Wildman–Crippen LogP) is 2.94. The Morgan fingerprint density at radius 3 is 3.04 bits per heavy atom. The fourth-order valence-electron chi connectivity index (χ4n) is 3.54. The summed E-state index contributed by atoms with van der Waals surface area (Å²) in [5.74, 6) is 0.00672. The Morgan fingerprint density at radius 1 is 1.31 bits per heavy atom. The molecule has 132 valence electrons. The number of amides is 1. The number of imidazole rings is 1. The first kappa shape index (κ1) is 16.4. The monoisotopic (exact) mass is 347 g/mol. The van der Waals surface area contributed by atoms with Gasteiger partial charge in [0.15, 0.2) is 0 Å². The van der Waals surface area contributed by atoms with Crippen molar-refractivity contribution >= 4 is 5.91 Å². The van der Waals surface area contributed by atoms with E-state index >= 15 is 0 Å². The minimum absolute atomic E-state index is 0.00672. The lowest BCUT2D eigenvalue weighted by molar-refractivity contribution is 0.0690. The Kier molecular flexibility index (Phi) is 4.48. The van der Waals surface area contributed by atoms with Gasteiger partial charge in [0.25, 0.3) is 5.91 Å². The first-order valence-electron chi connectivity index (χ1n) is 8.96. The third-order valence-corrected chi connectivity index (χ3v) is 4.76. The third-order valence-electron chi connectivity index (χ3n) is 4.76. The summed E-state index contributed by atoms with van der Waals surface area (Å²) in [5, 5.41) is 0. The van der Waals surface area contributed by atoms with Crippen LogP contribution in [0.3, 0.4) is 0 Å². The van der Waals surface area contributed by atoms with Crippen LogP contribution in [0.15, 0.2) is 49.2 Å². The number of aromatic nitrogens is 4. The van der Waals surface area contributed by atoms with Crippen molar-refractivity contribution in [2.24, 2.45) is 0 Å². The Balaban J connectivity index is 1.72. The molecule has 3 aromatic rings. The number of fused-ring (bicyclic) bond motifs is 1. The van der Waals surface area contributed by atoms with Crippen molar-refractivity contribution < 1.29 is 4.79 Å². The van der Waals surface area contributed by atoms with Crippen molar-refractivity contribution in [3.05, 3.63) is 77.4 Å². The van der Waals surface area contributed by atoms with Gasteiger partial charge in [0.1, 0.15) is 6.04 Å². The molecule has 1 atom stereocenters. The topological polar surface area (TPSA) is 74.8 Å². The zero-order valence-corrected chi connectivity index (χ0v) is 14.7. The Hall–Kier alpha value is -3.02. The van der Waals surface area contributed by atoms with E-state index in [1.165, 1.54) is 0 Å². The second-order valence-corrected chi connectivity index (χ2v) is 6.49. The summed E-state index contributed by atoms with van der Waals surface area (Å²) in [7, 11) is 0. The maximum atomic E-state index is 13.3. The van der Waals surface area contributed by atoms with Crippen molar-refractivity contribution in [2.45, 2.75) is 32.2 Å². The van der Waals surface area contributed by atoms with Gasteiger partial charge < -0.3 is 9.88 Å². The van der Waals surface area contributed by atoms with Gasteiger partial charge >= 0.3 is 0 Å². The van der Waals surface area contributed by atoms with Crippen LogP contribution in [0.5, 0.6) is 0 Å². The minimum Gasteiger partial charge on any atom is -0.348 e. The molecule has 1 aliphatic rings. The number of aryl methyl sites for hydroxylation is 1. The molecule has 1 unspecified atom stereocenters. The summed E-state index contributed by atoms with van der Waals surface area (Å²) < 4.78 is 0. The van der Waals surface area contributed by atoms with Gasteiger partial charge in [-0.3, -0.25) is 14.8 Å². The highest BCUT2D eigenvalue weighted by Gasteiger charge is 2.34. The van der Waals surface area contributed by atoms with Crippen molar-refractivity contribution in [3.8, 4) is 0 Å². The highest BCUT2D eigenvalue weighted by molar-refractivity contribution is 5.95. The maximum absolute atomic E-state index is 13.3. The molecule has 0 radical (unpaired) electrons. The number of hydrogen-bond acceptors (Lipinski definition) is 4. The molecule has 0 fully saturated rings. The molecular formula is C20H21N5O. The van der Waals surface area contributed by atoms with Crippen LogP contribution in [0, 0.1) is 0 Å². The third kappa shape index (κ3) is 2.98. The van der Waals surface area contributed by atoms with Crippen molar-refractivity contribution in [3.63, 3.8) is 0 Å². The SMILES string of the molecule is CCCc1cc(C(=O)N2CCc3[nH]cnc3C2c2cccnc2)ccn1. The van der Waals surface area contributed by atoms with E-state index in [1.54, 1.807) is 24.8 Å². The summed E-state index contributed by atoms with van der Waals surface area (Å²) in [5.41, 5.74) is 4.59. The van der Waals surface area contributed by atoms with Crippen molar-refractivity contribution in [2.75, 3.05) is 6.54 Å². The first-order valence-corrected chi connectivity index (χ1v) is 8.96. The molecule has 3 aromatic heterocycles. The van der Waals surface area contributed by atoms with Crippen molar-refractivity contribution in [1.82, 2.24) is 24.8 Å². The lowest BCUT2D eigenvalue weighted by atomic mass is 9.96. The van der Waals surface area contributed by atoms with Gasteiger partial charge in [-0.1, -0.05) is 19.4 Å². The van der Waals surface area contributed by atoms with Crippen LogP contribution in [-0.4, -0.2) is 37.3 Å². The van der Waals surface area contributed by atoms with Crippen LogP contribution in [0.25, 0.3) is 0 Å². The molecular weight excluding hydrogens is 326 g/mol. The van der Waals surface area contributed by atoms with Crippen LogP contribution >= 0.6 is 0 Å². The van der Waals surface area contributed by atoms with Gasteiger partial charge in [0.05, 0.1) is 12.0 Å². The van der Waals surface area contributed by atoms with Gasteiger partial charge in [-0.15, -0.1) is 0 Å². The number of nitrogens with one attached hydrogen (secondary N) is 1. The van der Waals surface area contributed by atoms with Gasteiger partial charge in [0, 0.05) is 48.5 Å².